The summed E-state index contributed by atoms with van der Waals surface area (Å²) in [5.74, 6) is 0. The highest BCUT2D eigenvalue weighted by molar-refractivity contribution is 7.92. The van der Waals surface area contributed by atoms with Crippen molar-refractivity contribution in [2.45, 2.75) is 35.7 Å². The quantitative estimate of drug-likeness (QED) is 0.516. The van der Waals surface area contributed by atoms with Crippen LogP contribution in [0.4, 0.5) is 24.5 Å². The van der Waals surface area contributed by atoms with Crippen molar-refractivity contribution in [2.75, 3.05) is 44.3 Å². The molecular weight excluding hydrogens is 415 g/mol. The number of halogens is 3. The normalized spacial score (nSPS) is 21.9. The Balaban J connectivity index is 1.94. The van der Waals surface area contributed by atoms with Crippen LogP contribution in [0.5, 0.6) is 0 Å². The lowest BCUT2D eigenvalue weighted by molar-refractivity contribution is -0.384. The summed E-state index contributed by atoms with van der Waals surface area (Å²) < 4.78 is 67.2. The standard InChI is InChI=1S/C17H22F3N3O5S/c18-17(19,20)29(26,27)14-4-5-15(16(11-14)23(24)25)22-6-2-1-3-13(22)12-21-7-9-28-10-8-21/h4-5,11,13H,1-3,6-10,12H2. The lowest BCUT2D eigenvalue weighted by Crippen LogP contribution is -2.49. The average Bonchev–Trinajstić information content (AvgIpc) is 2.68. The maximum atomic E-state index is 12.8. The van der Waals surface area contributed by atoms with E-state index in [1.54, 1.807) is 0 Å². The van der Waals surface area contributed by atoms with E-state index < -0.39 is 30.9 Å². The fourth-order valence-electron chi connectivity index (χ4n) is 3.78. The average molecular weight is 437 g/mol. The molecular formula is C17H22F3N3O5S. The number of nitro benzene ring substituents is 1. The predicted molar refractivity (Wildman–Crippen MR) is 98.6 cm³/mol. The van der Waals surface area contributed by atoms with Crippen LogP contribution in [0.15, 0.2) is 23.1 Å². The molecule has 29 heavy (non-hydrogen) atoms. The molecule has 2 heterocycles. The molecule has 0 saturated carbocycles. The zero-order chi connectivity index (χ0) is 21.2. The van der Waals surface area contributed by atoms with E-state index in [0.29, 0.717) is 32.4 Å². The van der Waals surface area contributed by atoms with E-state index in [1.807, 2.05) is 4.90 Å². The van der Waals surface area contributed by atoms with Crippen LogP contribution in [0.3, 0.4) is 0 Å². The van der Waals surface area contributed by atoms with Gasteiger partial charge in [-0.3, -0.25) is 15.0 Å². The SMILES string of the molecule is O=[N+]([O-])c1cc(S(=O)(=O)C(F)(F)F)ccc1N1CCCCC1CN1CCOCC1. The Bertz CT molecular complexity index is 856. The largest absolute Gasteiger partial charge is 0.501 e. The second kappa shape index (κ2) is 8.44. The Morgan fingerprint density at radius 1 is 1.17 bits per heavy atom. The third-order valence-electron chi connectivity index (χ3n) is 5.27. The smallest absolute Gasteiger partial charge is 0.379 e. The van der Waals surface area contributed by atoms with Crippen molar-refractivity contribution in [3.63, 3.8) is 0 Å². The summed E-state index contributed by atoms with van der Waals surface area (Å²) in [6, 6.07) is 2.38. The molecule has 1 aromatic carbocycles. The molecule has 1 atom stereocenters. The van der Waals surface area contributed by atoms with E-state index >= 15 is 0 Å². The van der Waals surface area contributed by atoms with Gasteiger partial charge in [-0.2, -0.15) is 13.2 Å². The van der Waals surface area contributed by atoms with Crippen molar-refractivity contribution in [3.8, 4) is 0 Å². The van der Waals surface area contributed by atoms with E-state index in [-0.39, 0.29) is 11.7 Å². The molecule has 1 unspecified atom stereocenters. The summed E-state index contributed by atoms with van der Waals surface area (Å²) in [7, 11) is -5.66. The van der Waals surface area contributed by atoms with Crippen molar-refractivity contribution in [3.05, 3.63) is 28.3 Å². The molecule has 1 aromatic rings. The lowest BCUT2D eigenvalue weighted by Gasteiger charge is -2.40. The summed E-state index contributed by atoms with van der Waals surface area (Å²) >= 11 is 0. The fourth-order valence-corrected chi connectivity index (χ4v) is 4.56. The Labute approximate surface area is 166 Å². The third-order valence-corrected chi connectivity index (χ3v) is 6.75. The van der Waals surface area contributed by atoms with Gasteiger partial charge in [0.15, 0.2) is 0 Å². The van der Waals surface area contributed by atoms with Gasteiger partial charge in [0, 0.05) is 38.3 Å². The van der Waals surface area contributed by atoms with Crippen LogP contribution in [0.2, 0.25) is 0 Å². The van der Waals surface area contributed by atoms with Gasteiger partial charge in [0.25, 0.3) is 15.5 Å². The van der Waals surface area contributed by atoms with Gasteiger partial charge in [0.05, 0.1) is 23.0 Å². The molecule has 0 bridgehead atoms. The molecule has 12 heteroatoms. The third kappa shape index (κ3) is 4.64. The zero-order valence-corrected chi connectivity index (χ0v) is 16.4. The number of anilines is 1. The molecule has 2 aliphatic heterocycles. The molecule has 162 valence electrons. The number of alkyl halides is 3. The van der Waals surface area contributed by atoms with Gasteiger partial charge in [0.1, 0.15) is 5.69 Å². The minimum atomic E-state index is -5.66. The van der Waals surface area contributed by atoms with Gasteiger partial charge in [-0.25, -0.2) is 8.42 Å². The highest BCUT2D eigenvalue weighted by Gasteiger charge is 2.47. The maximum absolute atomic E-state index is 12.8. The number of benzene rings is 1. The van der Waals surface area contributed by atoms with Crippen LogP contribution in [-0.4, -0.2) is 69.2 Å². The van der Waals surface area contributed by atoms with Gasteiger partial charge in [-0.1, -0.05) is 0 Å². The van der Waals surface area contributed by atoms with Gasteiger partial charge in [-0.05, 0) is 31.4 Å². The number of hydrogen-bond donors (Lipinski definition) is 0. The molecule has 0 aliphatic carbocycles. The molecule has 0 spiro atoms. The fraction of sp³-hybridized carbons (Fsp3) is 0.647. The van der Waals surface area contributed by atoms with Crippen molar-refractivity contribution < 1.29 is 31.2 Å². The molecule has 3 rings (SSSR count). The maximum Gasteiger partial charge on any atom is 0.501 e. The van der Waals surface area contributed by atoms with Crippen LogP contribution in [0, 0.1) is 10.1 Å². The van der Waals surface area contributed by atoms with Crippen LogP contribution in [0.1, 0.15) is 19.3 Å². The number of sulfone groups is 1. The Hall–Kier alpha value is -1.92. The van der Waals surface area contributed by atoms with Crippen LogP contribution in [0.25, 0.3) is 0 Å². The van der Waals surface area contributed by atoms with E-state index in [2.05, 4.69) is 4.90 Å². The van der Waals surface area contributed by atoms with Gasteiger partial charge < -0.3 is 9.64 Å². The van der Waals surface area contributed by atoms with Crippen molar-refractivity contribution >= 4 is 21.2 Å². The molecule has 0 N–H and O–H groups in total. The number of piperidine rings is 1. The first kappa shape index (κ1) is 21.8. The summed E-state index contributed by atoms with van der Waals surface area (Å²) in [5.41, 5.74) is -6.01. The topological polar surface area (TPSA) is 93.0 Å². The zero-order valence-electron chi connectivity index (χ0n) is 15.6. The van der Waals surface area contributed by atoms with Crippen molar-refractivity contribution in [1.82, 2.24) is 4.90 Å². The first-order valence-corrected chi connectivity index (χ1v) is 10.8. The molecule has 0 radical (unpaired) electrons. The lowest BCUT2D eigenvalue weighted by atomic mass is 10.00. The minimum absolute atomic E-state index is 0.0503. The van der Waals surface area contributed by atoms with E-state index in [1.165, 1.54) is 0 Å². The van der Waals surface area contributed by atoms with Gasteiger partial charge >= 0.3 is 5.51 Å². The van der Waals surface area contributed by atoms with Crippen LogP contribution >= 0.6 is 0 Å². The number of hydrogen-bond acceptors (Lipinski definition) is 7. The number of ether oxygens (including phenoxy) is 1. The molecule has 8 nitrogen and oxygen atoms in total. The van der Waals surface area contributed by atoms with E-state index in [0.717, 1.165) is 44.5 Å². The predicted octanol–water partition coefficient (Wildman–Crippen LogP) is 2.58. The summed E-state index contributed by atoms with van der Waals surface area (Å²) in [5, 5.41) is 11.6. The summed E-state index contributed by atoms with van der Waals surface area (Å²) in [4.78, 5) is 13.6. The van der Waals surface area contributed by atoms with Gasteiger partial charge in [0.2, 0.25) is 0 Å². The van der Waals surface area contributed by atoms with Crippen molar-refractivity contribution in [2.24, 2.45) is 0 Å². The number of nitro groups is 1. The Morgan fingerprint density at radius 2 is 1.86 bits per heavy atom. The highest BCUT2D eigenvalue weighted by Crippen LogP contribution is 2.38. The molecule has 0 amide bonds. The second-order valence-electron chi connectivity index (χ2n) is 7.11. The van der Waals surface area contributed by atoms with Crippen molar-refractivity contribution in [1.29, 1.82) is 0 Å². The van der Waals surface area contributed by atoms with Gasteiger partial charge in [-0.15, -0.1) is 0 Å². The summed E-state index contributed by atoms with van der Waals surface area (Å²) in [6.45, 7) is 3.88. The van der Waals surface area contributed by atoms with E-state index in [4.69, 9.17) is 4.74 Å². The van der Waals surface area contributed by atoms with E-state index in [9.17, 15) is 31.7 Å². The first-order chi connectivity index (χ1) is 13.6. The summed E-state index contributed by atoms with van der Waals surface area (Å²) in [6.07, 6.45) is 2.52. The molecule has 0 aromatic heterocycles. The Morgan fingerprint density at radius 3 is 2.48 bits per heavy atom. The molecule has 2 fully saturated rings. The van der Waals surface area contributed by atoms with Crippen LogP contribution < -0.4 is 4.90 Å². The number of rotatable bonds is 5. The number of morpholine rings is 1. The molecule has 2 aliphatic rings. The second-order valence-corrected chi connectivity index (χ2v) is 9.05. The minimum Gasteiger partial charge on any atom is -0.379 e. The number of nitrogens with zero attached hydrogens (tertiary/aromatic N) is 3. The Kier molecular flexibility index (Phi) is 6.34. The highest BCUT2D eigenvalue weighted by atomic mass is 32.2. The first-order valence-electron chi connectivity index (χ1n) is 9.28. The van der Waals surface area contributed by atoms with Crippen LogP contribution in [-0.2, 0) is 14.6 Å². The monoisotopic (exact) mass is 437 g/mol. The molecule has 2 saturated heterocycles.